The average Bonchev–Trinajstić information content (AvgIpc) is 3.26. The summed E-state index contributed by atoms with van der Waals surface area (Å²) in [7, 11) is 7.47. The van der Waals surface area contributed by atoms with Crippen molar-refractivity contribution >= 4 is 63.6 Å². The van der Waals surface area contributed by atoms with Crippen LogP contribution < -0.4 is 41.2 Å². The lowest BCUT2D eigenvalue weighted by molar-refractivity contribution is 0.227. The zero-order chi connectivity index (χ0) is 47.2. The third kappa shape index (κ3) is 12.0. The maximum absolute atomic E-state index is 13.5. The van der Waals surface area contributed by atoms with Crippen molar-refractivity contribution in [3.05, 3.63) is 146 Å². The number of ether oxygens (including phenoxy) is 3. The van der Waals surface area contributed by atoms with Crippen molar-refractivity contribution in [3.63, 3.8) is 0 Å². The van der Waals surface area contributed by atoms with Crippen molar-refractivity contribution in [1.82, 2.24) is 15.0 Å². The molecular weight excluding hydrogens is 880 g/mol. The van der Waals surface area contributed by atoms with Crippen LogP contribution in [0.1, 0.15) is 72.5 Å². The Labute approximate surface area is 386 Å². The zero-order valence-corrected chi connectivity index (χ0v) is 38.2. The van der Waals surface area contributed by atoms with E-state index in [0.29, 0.717) is 66.5 Å². The number of nitrogens with two attached hydrogens (primary N) is 3. The average molecular weight is 925 g/mol. The fraction of sp³-hybridized carbons (Fsp3) is 0.217. The molecule has 0 radical (unpaired) electrons. The molecule has 6 N–H and O–H groups in total. The molecule has 6 aromatic rings. The maximum Gasteiger partial charge on any atom is 0.166 e. The maximum atomic E-state index is 13.5. The van der Waals surface area contributed by atoms with Crippen LogP contribution in [0, 0.1) is 39.8 Å². The van der Waals surface area contributed by atoms with E-state index in [1.54, 1.807) is 87.0 Å². The molecule has 0 fully saturated rings. The summed E-state index contributed by atoms with van der Waals surface area (Å²) in [6.07, 6.45) is 3.20. The summed E-state index contributed by atoms with van der Waals surface area (Å²) in [6, 6.07) is 26.3. The second-order valence-electron chi connectivity index (χ2n) is 14.1. The van der Waals surface area contributed by atoms with Crippen LogP contribution in [0.4, 0.5) is 33.2 Å². The number of nitrogen functional groups attached to an aromatic ring is 3. The summed E-state index contributed by atoms with van der Waals surface area (Å²) in [4.78, 5) is 15.6. The third-order valence-electron chi connectivity index (χ3n) is 9.31. The van der Waals surface area contributed by atoms with Gasteiger partial charge in [0.1, 0.15) is 30.2 Å². The van der Waals surface area contributed by atoms with Crippen molar-refractivity contribution in [2.24, 2.45) is 0 Å². The Kier molecular flexibility index (Phi) is 17.6. The second-order valence-corrected chi connectivity index (χ2v) is 15.3. The lowest BCUT2D eigenvalue weighted by Gasteiger charge is -2.22. The summed E-state index contributed by atoms with van der Waals surface area (Å²) in [5.41, 5.74) is 21.7. The van der Waals surface area contributed by atoms with Crippen molar-refractivity contribution in [2.45, 2.75) is 39.1 Å². The molecular formula is C46H45Cl3FN11O3. The fourth-order valence-corrected chi connectivity index (χ4v) is 7.38. The molecule has 6 rings (SSSR count). The molecule has 14 nitrogen and oxygen atoms in total. The van der Waals surface area contributed by atoms with E-state index in [4.69, 9.17) is 66.2 Å². The van der Waals surface area contributed by atoms with Crippen LogP contribution in [0.5, 0.6) is 17.2 Å². The van der Waals surface area contributed by atoms with Gasteiger partial charge < -0.3 is 41.2 Å². The minimum absolute atomic E-state index is 0.0533. The smallest absolute Gasteiger partial charge is 0.166 e. The predicted octanol–water partition coefficient (Wildman–Crippen LogP) is 10.3. The van der Waals surface area contributed by atoms with E-state index in [9.17, 15) is 20.2 Å². The molecule has 0 saturated heterocycles. The summed E-state index contributed by atoms with van der Waals surface area (Å²) in [6.45, 7) is 5.32. The van der Waals surface area contributed by atoms with Gasteiger partial charge in [-0.2, -0.15) is 15.8 Å². The highest BCUT2D eigenvalue weighted by atomic mass is 35.5. The molecule has 0 aliphatic rings. The fourth-order valence-electron chi connectivity index (χ4n) is 6.21. The molecule has 0 amide bonds. The molecule has 0 spiro atoms. The predicted molar refractivity (Wildman–Crippen MR) is 250 cm³/mol. The van der Waals surface area contributed by atoms with Crippen LogP contribution in [-0.2, 0) is 0 Å². The molecule has 3 unspecified atom stereocenters. The van der Waals surface area contributed by atoms with E-state index in [0.717, 1.165) is 11.4 Å². The normalized spacial score (nSPS) is 11.6. The highest BCUT2D eigenvalue weighted by Gasteiger charge is 2.23. The highest BCUT2D eigenvalue weighted by molar-refractivity contribution is 6.36. The monoisotopic (exact) mass is 923 g/mol. The Morgan fingerprint density at radius 3 is 1.36 bits per heavy atom. The summed E-state index contributed by atoms with van der Waals surface area (Å²) in [5.74, 6) is 1.54. The number of nitriles is 3. The molecule has 3 heterocycles. The Morgan fingerprint density at radius 2 is 0.953 bits per heavy atom. The van der Waals surface area contributed by atoms with Gasteiger partial charge in [-0.3, -0.25) is 0 Å². The van der Waals surface area contributed by atoms with E-state index in [-0.39, 0.29) is 16.7 Å². The minimum Gasteiger partial charge on any atom is -0.482 e. The molecule has 18 heteroatoms. The van der Waals surface area contributed by atoms with Crippen molar-refractivity contribution in [2.75, 3.05) is 55.2 Å². The van der Waals surface area contributed by atoms with Crippen molar-refractivity contribution in [3.8, 4) is 35.5 Å². The van der Waals surface area contributed by atoms with Gasteiger partial charge in [0.15, 0.2) is 34.7 Å². The number of hydrogen-bond donors (Lipinski definition) is 3. The minimum atomic E-state index is -0.554. The van der Waals surface area contributed by atoms with Crippen LogP contribution in [0.2, 0.25) is 15.1 Å². The molecule has 0 aliphatic carbocycles. The third-order valence-corrected chi connectivity index (χ3v) is 10.4. The molecule has 0 bridgehead atoms. The van der Waals surface area contributed by atoms with Gasteiger partial charge in [0.2, 0.25) is 0 Å². The summed E-state index contributed by atoms with van der Waals surface area (Å²) < 4.78 is 30.8. The lowest BCUT2D eigenvalue weighted by atomic mass is 9.96. The molecule has 3 aromatic carbocycles. The first-order valence-corrected chi connectivity index (χ1v) is 20.4. The van der Waals surface area contributed by atoms with Gasteiger partial charge in [-0.25, -0.2) is 19.3 Å². The Bertz CT molecular complexity index is 2720. The van der Waals surface area contributed by atoms with Crippen LogP contribution in [-0.4, -0.2) is 43.1 Å². The van der Waals surface area contributed by atoms with E-state index in [2.05, 4.69) is 33.2 Å². The summed E-state index contributed by atoms with van der Waals surface area (Å²) >= 11 is 18.4. The van der Waals surface area contributed by atoms with Crippen LogP contribution in [0.3, 0.4) is 0 Å². The number of pyridine rings is 3. The SMILES string of the molecule is CC(Oc1cccnc1N)c1c(C#N)ccc(N(C)C)c1C#N.CC(Oc1cccnc1N)c1c(C#N)ccc(N(C)C)c1Cl.CC(Oc1cccnc1N)c1c(Cl)ccc(F)c1Cl. The summed E-state index contributed by atoms with van der Waals surface area (Å²) in [5, 5.41) is 29.0. The van der Waals surface area contributed by atoms with E-state index < -0.39 is 24.1 Å². The number of halogens is 4. The van der Waals surface area contributed by atoms with Crippen LogP contribution in [0.15, 0.2) is 91.4 Å². The first-order chi connectivity index (χ1) is 30.4. The Balaban J connectivity index is 0.000000211. The molecule has 0 saturated carbocycles. The molecule has 64 heavy (non-hydrogen) atoms. The van der Waals surface area contributed by atoms with Gasteiger partial charge in [0, 0.05) is 68.5 Å². The van der Waals surface area contributed by atoms with E-state index in [1.807, 2.05) is 51.0 Å². The number of nitrogens with zero attached hydrogens (tertiary/aromatic N) is 8. The van der Waals surface area contributed by atoms with E-state index in [1.165, 1.54) is 12.1 Å². The number of benzene rings is 3. The standard InChI is InChI=1S/C17H17N5O.C16H17ClN4O.C13H11Cl2FN2O/c1-11(23-15-5-4-8-21-17(15)20)16-12(9-18)6-7-14(22(2)3)13(16)10-19;1-10(22-13-5-4-8-20-16(13)19)14-11(9-18)6-7-12(15(14)17)21(2)3;1-7(19-10-3-2-6-18-13(10)17)11-8(14)4-5-9(16)12(11)15/h4-8,11H,1-3H3,(H2,20,21);4-8,10H,1-3H3,(H2,19,20);2-7H,1H3,(H2,17,18). The van der Waals surface area contributed by atoms with Crippen molar-refractivity contribution in [1.29, 1.82) is 15.8 Å². The topological polar surface area (TPSA) is 222 Å². The van der Waals surface area contributed by atoms with Crippen molar-refractivity contribution < 1.29 is 18.6 Å². The van der Waals surface area contributed by atoms with Gasteiger partial charge in [-0.15, -0.1) is 0 Å². The first kappa shape index (κ1) is 49.4. The van der Waals surface area contributed by atoms with Gasteiger partial charge in [-0.1, -0.05) is 34.8 Å². The number of aromatic nitrogens is 3. The quantitative estimate of drug-likeness (QED) is 0.103. The largest absolute Gasteiger partial charge is 0.482 e. The highest BCUT2D eigenvalue weighted by Crippen LogP contribution is 2.38. The molecule has 330 valence electrons. The number of rotatable bonds is 11. The Morgan fingerprint density at radius 1 is 0.547 bits per heavy atom. The Hall–Kier alpha value is -7.22. The second kappa shape index (κ2) is 22.7. The number of anilines is 5. The van der Waals surface area contributed by atoms with Gasteiger partial charge in [0.25, 0.3) is 0 Å². The van der Waals surface area contributed by atoms with Crippen LogP contribution in [0.25, 0.3) is 0 Å². The lowest BCUT2D eigenvalue weighted by Crippen LogP contribution is -2.15. The van der Waals surface area contributed by atoms with E-state index >= 15 is 0 Å². The first-order valence-electron chi connectivity index (χ1n) is 19.2. The molecule has 3 aromatic heterocycles. The molecule has 0 aliphatic heterocycles. The van der Waals surface area contributed by atoms with Gasteiger partial charge in [0.05, 0.1) is 50.2 Å². The molecule has 3 atom stereocenters. The zero-order valence-electron chi connectivity index (χ0n) is 35.9. The number of hydrogen-bond acceptors (Lipinski definition) is 14. The van der Waals surface area contributed by atoms with Crippen LogP contribution >= 0.6 is 34.8 Å². The van der Waals surface area contributed by atoms with Gasteiger partial charge >= 0.3 is 0 Å². The van der Waals surface area contributed by atoms with Gasteiger partial charge in [-0.05, 0) is 93.6 Å².